The molecule has 156 valence electrons. The van der Waals surface area contributed by atoms with Gasteiger partial charge in [0.2, 0.25) is 0 Å². The molecule has 1 fully saturated rings. The van der Waals surface area contributed by atoms with E-state index in [9.17, 15) is 8.42 Å². The fourth-order valence-electron chi connectivity index (χ4n) is 3.86. The van der Waals surface area contributed by atoms with Crippen LogP contribution in [0.3, 0.4) is 0 Å². The van der Waals surface area contributed by atoms with E-state index in [0.29, 0.717) is 0 Å². The molecule has 6 heteroatoms. The van der Waals surface area contributed by atoms with Crippen molar-refractivity contribution in [1.82, 2.24) is 0 Å². The SMILES string of the molecule is Cc1ccc(S(=O)(=O)OCCCCCCC[N+]2(CC#CI)CCCCC2)cc1. The number of hydrogen-bond donors (Lipinski definition) is 0. The van der Waals surface area contributed by atoms with E-state index >= 15 is 0 Å². The van der Waals surface area contributed by atoms with E-state index in [-0.39, 0.29) is 11.5 Å². The standard InChI is InChI=1S/C22H33INO3S/c1-21-11-13-22(14-12-21)28(25,26)27-20-9-4-2-3-6-16-24(19-10-15-23)17-7-5-8-18-24/h11-14H,2-9,16-20H2,1H3/q+1. The number of halogens is 1. The van der Waals surface area contributed by atoms with Crippen molar-refractivity contribution in [2.75, 3.05) is 32.8 Å². The molecule has 0 bridgehead atoms. The summed E-state index contributed by atoms with van der Waals surface area (Å²) in [5.74, 6) is 3.29. The summed E-state index contributed by atoms with van der Waals surface area (Å²) in [5.41, 5.74) is 1.04. The molecule has 0 aliphatic carbocycles. The van der Waals surface area contributed by atoms with Gasteiger partial charge in [0.25, 0.3) is 10.1 Å². The first-order valence-corrected chi connectivity index (χ1v) is 12.9. The molecule has 0 atom stereocenters. The Morgan fingerprint density at radius 1 is 1.00 bits per heavy atom. The normalized spacial score (nSPS) is 16.4. The van der Waals surface area contributed by atoms with Crippen LogP contribution in [0.25, 0.3) is 0 Å². The lowest BCUT2D eigenvalue weighted by Gasteiger charge is -2.40. The summed E-state index contributed by atoms with van der Waals surface area (Å²) in [4.78, 5) is 0.239. The zero-order valence-corrected chi connectivity index (χ0v) is 19.9. The number of hydrogen-bond acceptors (Lipinski definition) is 3. The topological polar surface area (TPSA) is 43.4 Å². The Labute approximate surface area is 184 Å². The van der Waals surface area contributed by atoms with E-state index in [4.69, 9.17) is 4.18 Å². The fraction of sp³-hybridized carbons (Fsp3) is 0.636. The predicted molar refractivity (Wildman–Crippen MR) is 123 cm³/mol. The first kappa shape index (κ1) is 23.7. The van der Waals surface area contributed by atoms with Crippen LogP contribution in [0.5, 0.6) is 0 Å². The van der Waals surface area contributed by atoms with Crippen LogP contribution in [-0.2, 0) is 14.3 Å². The highest BCUT2D eigenvalue weighted by molar-refractivity contribution is 14.1. The highest BCUT2D eigenvalue weighted by Crippen LogP contribution is 2.20. The minimum Gasteiger partial charge on any atom is -0.313 e. The summed E-state index contributed by atoms with van der Waals surface area (Å²) in [6.45, 7) is 6.97. The zero-order valence-electron chi connectivity index (χ0n) is 17.0. The second kappa shape index (κ2) is 12.2. The van der Waals surface area contributed by atoms with Crippen molar-refractivity contribution in [3.05, 3.63) is 29.8 Å². The number of unbranched alkanes of at least 4 members (excludes halogenated alkanes) is 4. The first-order chi connectivity index (χ1) is 13.5. The quantitative estimate of drug-likeness (QED) is 0.136. The van der Waals surface area contributed by atoms with E-state index in [1.807, 2.05) is 6.92 Å². The third-order valence-electron chi connectivity index (χ3n) is 5.57. The predicted octanol–water partition coefficient (Wildman–Crippen LogP) is 5.05. The number of benzene rings is 1. The van der Waals surface area contributed by atoms with E-state index in [1.165, 1.54) is 56.2 Å². The van der Waals surface area contributed by atoms with Crippen molar-refractivity contribution < 1.29 is 17.1 Å². The monoisotopic (exact) mass is 518 g/mol. The second-order valence-electron chi connectivity index (χ2n) is 7.86. The molecule has 1 aliphatic rings. The molecule has 0 spiro atoms. The molecule has 2 rings (SSSR count). The lowest BCUT2D eigenvalue weighted by atomic mass is 10.1. The summed E-state index contributed by atoms with van der Waals surface area (Å²) in [7, 11) is -3.62. The van der Waals surface area contributed by atoms with Crippen LogP contribution in [0.2, 0.25) is 0 Å². The molecule has 1 aromatic rings. The van der Waals surface area contributed by atoms with Gasteiger partial charge in [0.05, 0.1) is 31.1 Å². The van der Waals surface area contributed by atoms with Gasteiger partial charge in [-0.25, -0.2) is 0 Å². The maximum atomic E-state index is 12.1. The lowest BCUT2D eigenvalue weighted by molar-refractivity contribution is -0.926. The van der Waals surface area contributed by atoms with Gasteiger partial charge in [-0.2, -0.15) is 8.42 Å². The average molecular weight is 518 g/mol. The van der Waals surface area contributed by atoms with Crippen LogP contribution in [-0.4, -0.2) is 45.7 Å². The molecule has 4 nitrogen and oxygen atoms in total. The van der Waals surface area contributed by atoms with E-state index in [2.05, 4.69) is 32.4 Å². The minimum absolute atomic E-state index is 0.239. The fourth-order valence-corrected chi connectivity index (χ4v) is 4.98. The van der Waals surface area contributed by atoms with Crippen LogP contribution in [0.15, 0.2) is 29.2 Å². The molecule has 28 heavy (non-hydrogen) atoms. The van der Waals surface area contributed by atoms with Crippen LogP contribution in [0, 0.1) is 16.8 Å². The molecule has 0 aromatic heterocycles. The highest BCUT2D eigenvalue weighted by atomic mass is 127. The smallest absolute Gasteiger partial charge is 0.296 e. The van der Waals surface area contributed by atoms with Crippen LogP contribution in [0.1, 0.15) is 56.9 Å². The Kier molecular flexibility index (Phi) is 10.3. The third kappa shape index (κ3) is 8.02. The van der Waals surface area contributed by atoms with Crippen molar-refractivity contribution in [2.45, 2.75) is 63.2 Å². The van der Waals surface area contributed by atoms with Crippen LogP contribution in [0.4, 0.5) is 0 Å². The summed E-state index contributed by atoms with van der Waals surface area (Å²) >= 11 is 2.14. The minimum atomic E-state index is -3.62. The number of nitrogens with zero attached hydrogens (tertiary/aromatic N) is 1. The Morgan fingerprint density at radius 3 is 2.32 bits per heavy atom. The molecule has 0 N–H and O–H groups in total. The number of quaternary nitrogens is 1. The molecule has 1 heterocycles. The van der Waals surface area contributed by atoms with Crippen molar-refractivity contribution in [3.8, 4) is 9.85 Å². The summed E-state index contributed by atoms with van der Waals surface area (Å²) in [6, 6.07) is 6.79. The molecule has 0 unspecified atom stereocenters. The first-order valence-electron chi connectivity index (χ1n) is 10.4. The van der Waals surface area contributed by atoms with Gasteiger partial charge in [-0.1, -0.05) is 30.5 Å². The summed E-state index contributed by atoms with van der Waals surface area (Å²) in [6.07, 6.45) is 9.37. The maximum Gasteiger partial charge on any atom is 0.296 e. The van der Waals surface area contributed by atoms with E-state index in [1.54, 1.807) is 24.3 Å². The molecule has 1 saturated heterocycles. The number of rotatable bonds is 11. The van der Waals surface area contributed by atoms with Gasteiger partial charge in [-0.3, -0.25) is 4.18 Å². The number of aryl methyl sites for hydroxylation is 1. The Bertz CT molecular complexity index is 744. The van der Waals surface area contributed by atoms with Gasteiger partial charge in [-0.15, -0.1) is 0 Å². The molecule has 0 radical (unpaired) electrons. The van der Waals surface area contributed by atoms with Crippen LogP contribution < -0.4 is 0 Å². The molecular formula is C22H33INO3S+. The largest absolute Gasteiger partial charge is 0.313 e. The highest BCUT2D eigenvalue weighted by Gasteiger charge is 2.28. The zero-order chi connectivity index (χ0) is 20.3. The van der Waals surface area contributed by atoms with Crippen LogP contribution >= 0.6 is 22.6 Å². The average Bonchev–Trinajstić information content (AvgIpc) is 2.69. The van der Waals surface area contributed by atoms with Crippen molar-refractivity contribution in [3.63, 3.8) is 0 Å². The van der Waals surface area contributed by atoms with Crippen molar-refractivity contribution in [1.29, 1.82) is 0 Å². The van der Waals surface area contributed by atoms with Gasteiger partial charge < -0.3 is 4.48 Å². The molecular weight excluding hydrogens is 485 g/mol. The molecule has 1 aliphatic heterocycles. The molecule has 1 aromatic carbocycles. The maximum absolute atomic E-state index is 12.1. The van der Waals surface area contributed by atoms with Crippen molar-refractivity contribution >= 4 is 32.7 Å². The number of likely N-dealkylation sites (tertiary alicyclic amines) is 1. The Balaban J connectivity index is 1.61. The van der Waals surface area contributed by atoms with Gasteiger partial charge in [0, 0.05) is 22.6 Å². The van der Waals surface area contributed by atoms with E-state index in [0.717, 1.165) is 31.4 Å². The third-order valence-corrected chi connectivity index (χ3v) is 7.28. The summed E-state index contributed by atoms with van der Waals surface area (Å²) < 4.78 is 33.7. The van der Waals surface area contributed by atoms with E-state index < -0.39 is 10.1 Å². The van der Waals surface area contributed by atoms with Gasteiger partial charge in [0.15, 0.2) is 0 Å². The van der Waals surface area contributed by atoms with Gasteiger partial charge in [-0.05, 0) is 67.4 Å². The van der Waals surface area contributed by atoms with Crippen molar-refractivity contribution in [2.24, 2.45) is 0 Å². The second-order valence-corrected chi connectivity index (χ2v) is 10.0. The number of piperidine rings is 1. The van der Waals surface area contributed by atoms with Gasteiger partial charge in [0.1, 0.15) is 6.54 Å². The Morgan fingerprint density at radius 2 is 1.64 bits per heavy atom. The van der Waals surface area contributed by atoms with Gasteiger partial charge >= 0.3 is 0 Å². The lowest BCUT2D eigenvalue weighted by Crippen LogP contribution is -2.52. The Hall–Kier alpha value is -0.620. The summed E-state index contributed by atoms with van der Waals surface area (Å²) in [5, 5.41) is 0. The molecule has 0 amide bonds. The molecule has 0 saturated carbocycles.